The Hall–Kier alpha value is -1.39. The molecule has 1 saturated carbocycles. The van der Waals surface area contributed by atoms with E-state index in [1.54, 1.807) is 0 Å². The number of hydrogen-bond donors (Lipinski definition) is 0. The molecule has 1 aromatic rings. The Morgan fingerprint density at radius 3 is 2.68 bits per heavy atom. The van der Waals surface area contributed by atoms with Crippen LogP contribution in [0, 0.1) is 5.92 Å². The first-order valence-corrected chi connectivity index (χ1v) is 10.4. The zero-order valence-electron chi connectivity index (χ0n) is 15.7. The number of hydrogen-bond acceptors (Lipinski definition) is 4. The number of carbonyl (C=O) groups excluding carboxylic acids is 1. The van der Waals surface area contributed by atoms with Gasteiger partial charge in [0.2, 0.25) is 11.8 Å². The molecule has 1 aliphatic carbocycles. The standard InChI is InChI=1S/C20H33N3O2/c1-2-17(12-8-11-16-9-4-3-5-10-16)20-21-18(22-25-20)15-19(24)23-13-6-7-14-23/h16-17H,2-15H2,1H3/t17-/m1/s1. The Morgan fingerprint density at radius 2 is 1.96 bits per heavy atom. The number of rotatable bonds is 8. The van der Waals surface area contributed by atoms with Gasteiger partial charge in [-0.3, -0.25) is 4.79 Å². The van der Waals surface area contributed by atoms with Gasteiger partial charge >= 0.3 is 0 Å². The average molecular weight is 348 g/mol. The summed E-state index contributed by atoms with van der Waals surface area (Å²) in [6, 6.07) is 0. The third kappa shape index (κ3) is 5.29. The van der Waals surface area contributed by atoms with Crippen LogP contribution in [0.4, 0.5) is 0 Å². The lowest BCUT2D eigenvalue weighted by Crippen LogP contribution is -2.29. The highest BCUT2D eigenvalue weighted by atomic mass is 16.5. The van der Waals surface area contributed by atoms with Crippen molar-refractivity contribution < 1.29 is 9.32 Å². The smallest absolute Gasteiger partial charge is 0.230 e. The molecule has 0 aromatic carbocycles. The summed E-state index contributed by atoms with van der Waals surface area (Å²) < 4.78 is 5.49. The second-order valence-electron chi connectivity index (χ2n) is 7.85. The minimum Gasteiger partial charge on any atom is -0.342 e. The van der Waals surface area contributed by atoms with Crippen molar-refractivity contribution in [2.45, 2.75) is 89.9 Å². The summed E-state index contributed by atoms with van der Waals surface area (Å²) >= 11 is 0. The quantitative estimate of drug-likeness (QED) is 0.696. The first-order chi connectivity index (χ1) is 12.3. The van der Waals surface area contributed by atoms with Crippen LogP contribution in [0.3, 0.4) is 0 Å². The van der Waals surface area contributed by atoms with Crippen molar-refractivity contribution in [3.63, 3.8) is 0 Å². The molecule has 2 heterocycles. The molecule has 0 N–H and O–H groups in total. The van der Waals surface area contributed by atoms with E-state index in [0.29, 0.717) is 11.7 Å². The molecule has 140 valence electrons. The maximum atomic E-state index is 12.2. The molecule has 1 amide bonds. The van der Waals surface area contributed by atoms with Gasteiger partial charge in [-0.1, -0.05) is 57.0 Å². The van der Waals surface area contributed by atoms with E-state index >= 15 is 0 Å². The predicted octanol–water partition coefficient (Wildman–Crippen LogP) is 4.48. The first-order valence-electron chi connectivity index (χ1n) is 10.4. The molecule has 3 rings (SSSR count). The molecule has 1 saturated heterocycles. The van der Waals surface area contributed by atoms with Crippen molar-refractivity contribution in [3.05, 3.63) is 11.7 Å². The molecular formula is C20H33N3O2. The molecular weight excluding hydrogens is 314 g/mol. The van der Waals surface area contributed by atoms with Crippen LogP contribution >= 0.6 is 0 Å². The van der Waals surface area contributed by atoms with Crippen LogP contribution < -0.4 is 0 Å². The molecule has 25 heavy (non-hydrogen) atoms. The third-order valence-corrected chi connectivity index (χ3v) is 5.98. The van der Waals surface area contributed by atoms with Gasteiger partial charge in [0.1, 0.15) is 0 Å². The van der Waals surface area contributed by atoms with Gasteiger partial charge in [0, 0.05) is 19.0 Å². The van der Waals surface area contributed by atoms with Crippen molar-refractivity contribution in [2.75, 3.05) is 13.1 Å². The van der Waals surface area contributed by atoms with E-state index in [4.69, 9.17) is 4.52 Å². The van der Waals surface area contributed by atoms with E-state index in [-0.39, 0.29) is 12.3 Å². The van der Waals surface area contributed by atoms with Gasteiger partial charge < -0.3 is 9.42 Å². The van der Waals surface area contributed by atoms with Crippen molar-refractivity contribution in [3.8, 4) is 0 Å². The topological polar surface area (TPSA) is 59.2 Å². The van der Waals surface area contributed by atoms with E-state index in [2.05, 4.69) is 17.1 Å². The fourth-order valence-electron chi connectivity index (χ4n) is 4.35. The van der Waals surface area contributed by atoms with E-state index in [9.17, 15) is 4.79 Å². The Labute approximate surface area is 151 Å². The molecule has 0 spiro atoms. The summed E-state index contributed by atoms with van der Waals surface area (Å²) in [6.07, 6.45) is 14.3. The van der Waals surface area contributed by atoms with Gasteiger partial charge in [-0.15, -0.1) is 0 Å². The zero-order chi connectivity index (χ0) is 17.5. The van der Waals surface area contributed by atoms with Crippen molar-refractivity contribution in [1.29, 1.82) is 0 Å². The molecule has 5 heteroatoms. The van der Waals surface area contributed by atoms with Crippen molar-refractivity contribution >= 4 is 5.91 Å². The summed E-state index contributed by atoms with van der Waals surface area (Å²) in [7, 11) is 0. The Bertz CT molecular complexity index is 531. The van der Waals surface area contributed by atoms with Gasteiger partial charge in [-0.25, -0.2) is 0 Å². The molecule has 1 aromatic heterocycles. The summed E-state index contributed by atoms with van der Waals surface area (Å²) in [5, 5.41) is 4.06. The van der Waals surface area contributed by atoms with Crippen LogP contribution in [0.15, 0.2) is 4.52 Å². The molecule has 2 aliphatic rings. The van der Waals surface area contributed by atoms with E-state index in [1.807, 2.05) is 4.90 Å². The van der Waals surface area contributed by atoms with Crippen LogP contribution in [0.25, 0.3) is 0 Å². The molecule has 1 aliphatic heterocycles. The Kier molecular flexibility index (Phi) is 6.88. The number of amides is 1. The molecule has 0 radical (unpaired) electrons. The van der Waals surface area contributed by atoms with Gasteiger partial charge in [0.15, 0.2) is 5.82 Å². The third-order valence-electron chi connectivity index (χ3n) is 5.98. The fourth-order valence-corrected chi connectivity index (χ4v) is 4.35. The Morgan fingerprint density at radius 1 is 1.20 bits per heavy atom. The molecule has 0 unspecified atom stereocenters. The number of carbonyl (C=O) groups is 1. The van der Waals surface area contributed by atoms with Gasteiger partial charge in [0.25, 0.3) is 0 Å². The van der Waals surface area contributed by atoms with Crippen LogP contribution in [0.1, 0.15) is 95.2 Å². The average Bonchev–Trinajstić information content (AvgIpc) is 3.32. The minimum absolute atomic E-state index is 0.134. The van der Waals surface area contributed by atoms with Crippen LogP contribution in [-0.4, -0.2) is 34.0 Å². The van der Waals surface area contributed by atoms with Crippen molar-refractivity contribution in [2.24, 2.45) is 5.92 Å². The second-order valence-corrected chi connectivity index (χ2v) is 7.85. The van der Waals surface area contributed by atoms with E-state index in [1.165, 1.54) is 44.9 Å². The van der Waals surface area contributed by atoms with E-state index in [0.717, 1.165) is 50.6 Å². The largest absolute Gasteiger partial charge is 0.342 e. The monoisotopic (exact) mass is 347 g/mol. The highest BCUT2D eigenvalue weighted by Gasteiger charge is 2.23. The molecule has 2 fully saturated rings. The van der Waals surface area contributed by atoms with Crippen LogP contribution in [0.5, 0.6) is 0 Å². The normalized spacial score (nSPS) is 20.1. The van der Waals surface area contributed by atoms with Gasteiger partial charge in [-0.2, -0.15) is 4.98 Å². The summed E-state index contributed by atoms with van der Waals surface area (Å²) in [4.78, 5) is 18.7. The van der Waals surface area contributed by atoms with Gasteiger partial charge in [0.05, 0.1) is 6.42 Å². The summed E-state index contributed by atoms with van der Waals surface area (Å²) in [5.74, 6) is 2.69. The fraction of sp³-hybridized carbons (Fsp3) is 0.850. The minimum atomic E-state index is 0.134. The van der Waals surface area contributed by atoms with Crippen LogP contribution in [0.2, 0.25) is 0 Å². The highest BCUT2D eigenvalue weighted by Crippen LogP contribution is 2.30. The maximum absolute atomic E-state index is 12.2. The summed E-state index contributed by atoms with van der Waals surface area (Å²) in [5.41, 5.74) is 0. The predicted molar refractivity (Wildman–Crippen MR) is 97.3 cm³/mol. The SMILES string of the molecule is CC[C@H](CCCC1CCCCC1)c1nc(CC(=O)N2CCCC2)no1. The lowest BCUT2D eigenvalue weighted by Gasteiger charge is -2.21. The zero-order valence-corrected chi connectivity index (χ0v) is 15.7. The molecule has 1 atom stereocenters. The number of nitrogens with zero attached hydrogens (tertiary/aromatic N) is 3. The van der Waals surface area contributed by atoms with E-state index < -0.39 is 0 Å². The number of aromatic nitrogens is 2. The number of likely N-dealkylation sites (tertiary alicyclic amines) is 1. The summed E-state index contributed by atoms with van der Waals surface area (Å²) in [6.45, 7) is 3.94. The molecule has 0 bridgehead atoms. The van der Waals surface area contributed by atoms with Gasteiger partial charge in [-0.05, 0) is 31.6 Å². The van der Waals surface area contributed by atoms with Crippen molar-refractivity contribution in [1.82, 2.24) is 15.0 Å². The molecule has 5 nitrogen and oxygen atoms in total. The lowest BCUT2D eigenvalue weighted by atomic mass is 9.84. The first kappa shape index (κ1) is 18.4. The maximum Gasteiger partial charge on any atom is 0.230 e. The second kappa shape index (κ2) is 9.35. The highest BCUT2D eigenvalue weighted by molar-refractivity contribution is 5.78. The Balaban J connectivity index is 1.45. The van der Waals surface area contributed by atoms with Crippen LogP contribution in [-0.2, 0) is 11.2 Å². The lowest BCUT2D eigenvalue weighted by molar-refractivity contribution is -0.129.